The fraction of sp³-hybridized carbons (Fsp3) is 0.219. The van der Waals surface area contributed by atoms with Gasteiger partial charge in [0.2, 0.25) is 0 Å². The van der Waals surface area contributed by atoms with Gasteiger partial charge in [-0.25, -0.2) is 4.98 Å². The number of benzene rings is 4. The summed E-state index contributed by atoms with van der Waals surface area (Å²) in [5, 5.41) is 2.58. The van der Waals surface area contributed by atoms with Crippen molar-refractivity contribution in [3.63, 3.8) is 0 Å². The second-order valence-electron chi connectivity index (χ2n) is 9.26. The van der Waals surface area contributed by atoms with Crippen LogP contribution in [0.4, 0.5) is 0 Å². The molecular formula is C32H33N3. The molecule has 0 aliphatic heterocycles. The second-order valence-corrected chi connectivity index (χ2v) is 9.26. The Morgan fingerprint density at radius 3 is 2.14 bits per heavy atom. The summed E-state index contributed by atoms with van der Waals surface area (Å²) in [6.45, 7) is 5.88. The third-order valence-electron chi connectivity index (χ3n) is 6.56. The summed E-state index contributed by atoms with van der Waals surface area (Å²) in [5.41, 5.74) is 5.12. The fourth-order valence-electron chi connectivity index (χ4n) is 4.75. The van der Waals surface area contributed by atoms with E-state index in [-0.39, 0.29) is 0 Å². The standard InChI is InChI=1S/C32H33N3/c1-2-3-20-35-31(22-33-32(35)29-15-8-5-9-16-29)25-34(23-26-12-6-4-7-13-26)24-27-18-19-28-14-10-11-17-30(28)21-27/h4-19,21-22H,2-3,20,23-25H2,1H3. The molecule has 4 aromatic carbocycles. The molecule has 0 amide bonds. The van der Waals surface area contributed by atoms with Crippen LogP contribution in [0.5, 0.6) is 0 Å². The Hall–Kier alpha value is -3.69. The number of nitrogens with zero attached hydrogens (tertiary/aromatic N) is 3. The quantitative estimate of drug-likeness (QED) is 0.213. The van der Waals surface area contributed by atoms with Gasteiger partial charge < -0.3 is 4.57 Å². The smallest absolute Gasteiger partial charge is 0.140 e. The molecule has 0 unspecified atom stereocenters. The van der Waals surface area contributed by atoms with Crippen LogP contribution in [0.25, 0.3) is 22.2 Å². The maximum absolute atomic E-state index is 4.88. The van der Waals surface area contributed by atoms with Crippen LogP contribution in [0, 0.1) is 0 Å². The number of fused-ring (bicyclic) bond motifs is 1. The molecule has 0 N–H and O–H groups in total. The summed E-state index contributed by atoms with van der Waals surface area (Å²) < 4.78 is 2.43. The van der Waals surface area contributed by atoms with E-state index in [2.05, 4.69) is 126 Å². The zero-order valence-corrected chi connectivity index (χ0v) is 20.5. The Morgan fingerprint density at radius 2 is 1.37 bits per heavy atom. The Morgan fingerprint density at radius 1 is 0.686 bits per heavy atom. The molecule has 1 heterocycles. The first-order valence-corrected chi connectivity index (χ1v) is 12.6. The van der Waals surface area contributed by atoms with E-state index in [1.54, 1.807) is 0 Å². The molecule has 5 rings (SSSR count). The van der Waals surface area contributed by atoms with Crippen molar-refractivity contribution < 1.29 is 0 Å². The Labute approximate surface area is 208 Å². The van der Waals surface area contributed by atoms with Crippen LogP contribution in [0.3, 0.4) is 0 Å². The first kappa shape index (κ1) is 23.1. The van der Waals surface area contributed by atoms with Crippen molar-refractivity contribution in [1.29, 1.82) is 0 Å². The van der Waals surface area contributed by atoms with Gasteiger partial charge in [-0.15, -0.1) is 0 Å². The third kappa shape index (κ3) is 5.70. The van der Waals surface area contributed by atoms with Crippen LogP contribution < -0.4 is 0 Å². The van der Waals surface area contributed by atoms with Crippen LogP contribution in [0.2, 0.25) is 0 Å². The molecule has 1 aromatic heterocycles. The lowest BCUT2D eigenvalue weighted by Gasteiger charge is -2.24. The fourth-order valence-corrected chi connectivity index (χ4v) is 4.75. The van der Waals surface area contributed by atoms with Gasteiger partial charge in [0, 0.05) is 31.7 Å². The SMILES string of the molecule is CCCCn1c(CN(Cc2ccccc2)Cc2ccc3ccccc3c2)cnc1-c1ccccc1. The Bertz CT molecular complexity index is 1360. The summed E-state index contributed by atoms with van der Waals surface area (Å²) in [5.74, 6) is 1.07. The molecule has 0 aliphatic rings. The zero-order chi connectivity index (χ0) is 23.9. The number of rotatable bonds is 10. The lowest BCUT2D eigenvalue weighted by Crippen LogP contribution is -2.24. The maximum Gasteiger partial charge on any atom is 0.140 e. The molecule has 0 bridgehead atoms. The van der Waals surface area contributed by atoms with Crippen LogP contribution in [0.15, 0.2) is 109 Å². The van der Waals surface area contributed by atoms with Gasteiger partial charge in [0.15, 0.2) is 0 Å². The number of imidazole rings is 1. The van der Waals surface area contributed by atoms with Gasteiger partial charge in [-0.3, -0.25) is 4.90 Å². The third-order valence-corrected chi connectivity index (χ3v) is 6.56. The maximum atomic E-state index is 4.88. The minimum Gasteiger partial charge on any atom is -0.327 e. The molecule has 3 nitrogen and oxygen atoms in total. The molecule has 0 saturated carbocycles. The van der Waals surface area contributed by atoms with Crippen molar-refractivity contribution in [3.8, 4) is 11.4 Å². The number of aromatic nitrogens is 2. The molecule has 0 atom stereocenters. The molecule has 0 saturated heterocycles. The van der Waals surface area contributed by atoms with E-state index >= 15 is 0 Å². The lowest BCUT2D eigenvalue weighted by molar-refractivity contribution is 0.241. The zero-order valence-electron chi connectivity index (χ0n) is 20.5. The van der Waals surface area contributed by atoms with Crippen LogP contribution in [-0.2, 0) is 26.2 Å². The summed E-state index contributed by atoms with van der Waals surface area (Å²) in [6, 6.07) is 36.8. The average Bonchev–Trinajstić information content (AvgIpc) is 3.30. The average molecular weight is 460 g/mol. The predicted octanol–water partition coefficient (Wildman–Crippen LogP) is 7.71. The van der Waals surface area contributed by atoms with Crippen molar-refractivity contribution in [1.82, 2.24) is 14.5 Å². The minimum atomic E-state index is 0.852. The Balaban J connectivity index is 1.46. The van der Waals surface area contributed by atoms with Gasteiger partial charge in [-0.05, 0) is 34.4 Å². The molecule has 35 heavy (non-hydrogen) atoms. The molecule has 5 aromatic rings. The molecule has 176 valence electrons. The number of hydrogen-bond donors (Lipinski definition) is 0. The summed E-state index contributed by atoms with van der Waals surface area (Å²) >= 11 is 0. The summed E-state index contributed by atoms with van der Waals surface area (Å²) in [6.07, 6.45) is 4.39. The summed E-state index contributed by atoms with van der Waals surface area (Å²) in [7, 11) is 0. The van der Waals surface area contributed by atoms with Crippen LogP contribution in [0.1, 0.15) is 36.6 Å². The first-order valence-electron chi connectivity index (χ1n) is 12.6. The highest BCUT2D eigenvalue weighted by molar-refractivity contribution is 5.82. The lowest BCUT2D eigenvalue weighted by atomic mass is 10.1. The topological polar surface area (TPSA) is 21.1 Å². The van der Waals surface area contributed by atoms with E-state index in [1.807, 2.05) is 0 Å². The molecule has 0 fully saturated rings. The van der Waals surface area contributed by atoms with E-state index in [1.165, 1.54) is 33.2 Å². The molecule has 0 aliphatic carbocycles. The van der Waals surface area contributed by atoms with Gasteiger partial charge in [0.25, 0.3) is 0 Å². The number of unbranched alkanes of at least 4 members (excludes halogenated alkanes) is 1. The van der Waals surface area contributed by atoms with Crippen molar-refractivity contribution in [2.75, 3.05) is 0 Å². The van der Waals surface area contributed by atoms with Gasteiger partial charge in [0.1, 0.15) is 5.82 Å². The van der Waals surface area contributed by atoms with Crippen molar-refractivity contribution in [3.05, 3.63) is 126 Å². The predicted molar refractivity (Wildman–Crippen MR) is 146 cm³/mol. The summed E-state index contributed by atoms with van der Waals surface area (Å²) in [4.78, 5) is 7.42. The van der Waals surface area contributed by atoms with Crippen LogP contribution >= 0.6 is 0 Å². The highest BCUT2D eigenvalue weighted by Crippen LogP contribution is 2.24. The van der Waals surface area contributed by atoms with Gasteiger partial charge >= 0.3 is 0 Å². The second kappa shape index (κ2) is 11.2. The van der Waals surface area contributed by atoms with Crippen molar-refractivity contribution in [2.24, 2.45) is 0 Å². The molecule has 0 spiro atoms. The van der Waals surface area contributed by atoms with Crippen LogP contribution in [-0.4, -0.2) is 14.5 Å². The first-order chi connectivity index (χ1) is 17.3. The molecular weight excluding hydrogens is 426 g/mol. The van der Waals surface area contributed by atoms with E-state index in [0.29, 0.717) is 0 Å². The Kier molecular flexibility index (Phi) is 7.35. The van der Waals surface area contributed by atoms with Gasteiger partial charge in [0.05, 0.1) is 11.9 Å². The highest BCUT2D eigenvalue weighted by atomic mass is 15.2. The largest absolute Gasteiger partial charge is 0.327 e. The van der Waals surface area contributed by atoms with Crippen molar-refractivity contribution in [2.45, 2.75) is 45.9 Å². The van der Waals surface area contributed by atoms with Gasteiger partial charge in [-0.2, -0.15) is 0 Å². The number of hydrogen-bond acceptors (Lipinski definition) is 2. The van der Waals surface area contributed by atoms with E-state index in [4.69, 9.17) is 4.98 Å². The van der Waals surface area contributed by atoms with Crippen molar-refractivity contribution >= 4 is 10.8 Å². The minimum absolute atomic E-state index is 0.852. The van der Waals surface area contributed by atoms with Gasteiger partial charge in [-0.1, -0.05) is 110 Å². The van der Waals surface area contributed by atoms with E-state index in [0.717, 1.165) is 44.8 Å². The normalized spacial score (nSPS) is 11.4. The monoisotopic (exact) mass is 459 g/mol. The van der Waals surface area contributed by atoms with E-state index in [9.17, 15) is 0 Å². The molecule has 3 heteroatoms. The van der Waals surface area contributed by atoms with E-state index < -0.39 is 0 Å². The highest BCUT2D eigenvalue weighted by Gasteiger charge is 2.16. The molecule has 0 radical (unpaired) electrons.